The first kappa shape index (κ1) is 41.6. The molecule has 2 saturated heterocycles. The number of hydrogen-bond acceptors (Lipinski definition) is 16. The van der Waals surface area contributed by atoms with E-state index in [0.29, 0.717) is 39.6 Å². The van der Waals surface area contributed by atoms with Crippen LogP contribution in [0.25, 0.3) is 0 Å². The molecule has 0 aliphatic carbocycles. The molecule has 2 aliphatic heterocycles. The topological polar surface area (TPSA) is 253 Å². The van der Waals surface area contributed by atoms with Gasteiger partial charge in [0.25, 0.3) is 0 Å². The number of ether oxygens (including phenoxy) is 8. The summed E-state index contributed by atoms with van der Waals surface area (Å²) >= 11 is 0. The van der Waals surface area contributed by atoms with E-state index in [-0.39, 0.29) is 32.3 Å². The molecule has 2 rings (SSSR count). The zero-order chi connectivity index (χ0) is 34.8. The Balaban J connectivity index is 1.52. The monoisotopic (exact) mass is 686 g/mol. The van der Waals surface area contributed by atoms with Crippen LogP contribution in [0.5, 0.6) is 0 Å². The molecule has 0 saturated carbocycles. The summed E-state index contributed by atoms with van der Waals surface area (Å²) in [4.78, 5) is 23.0. The van der Waals surface area contributed by atoms with Crippen LogP contribution in [-0.4, -0.2) is 183 Å². The van der Waals surface area contributed by atoms with E-state index in [1.54, 1.807) is 0 Å². The van der Waals surface area contributed by atoms with Crippen molar-refractivity contribution < 1.29 is 78.1 Å². The number of rotatable bonds is 23. The first-order valence-electron chi connectivity index (χ1n) is 15.9. The van der Waals surface area contributed by atoms with Crippen molar-refractivity contribution in [1.29, 1.82) is 0 Å². The minimum absolute atomic E-state index is 0.0741. The molecule has 2 fully saturated rings. The number of hydrogen-bond donors (Lipinski definition) is 8. The summed E-state index contributed by atoms with van der Waals surface area (Å²) in [6.45, 7) is 6.23. The largest absolute Gasteiger partial charge is 0.394 e. The predicted molar refractivity (Wildman–Crippen MR) is 160 cm³/mol. The van der Waals surface area contributed by atoms with Gasteiger partial charge in [-0.1, -0.05) is 6.92 Å². The highest BCUT2D eigenvalue weighted by atomic mass is 16.7. The van der Waals surface area contributed by atoms with Gasteiger partial charge in [0.2, 0.25) is 11.8 Å². The highest BCUT2D eigenvalue weighted by Crippen LogP contribution is 2.23. The lowest BCUT2D eigenvalue weighted by atomic mass is 9.97. The van der Waals surface area contributed by atoms with E-state index in [0.717, 1.165) is 6.42 Å². The molecular formula is C29H54N2O16. The van der Waals surface area contributed by atoms with Crippen molar-refractivity contribution in [3.63, 3.8) is 0 Å². The van der Waals surface area contributed by atoms with Gasteiger partial charge in [0, 0.05) is 19.8 Å². The van der Waals surface area contributed by atoms with Crippen LogP contribution in [-0.2, 0) is 47.5 Å². The molecule has 18 heteroatoms. The van der Waals surface area contributed by atoms with Gasteiger partial charge in [-0.15, -0.1) is 0 Å². The van der Waals surface area contributed by atoms with Crippen LogP contribution in [0, 0.1) is 5.92 Å². The normalized spacial score (nSPS) is 31.8. The smallest absolute Gasteiger partial charge is 0.217 e. The predicted octanol–water partition coefficient (Wildman–Crippen LogP) is -4.00. The van der Waals surface area contributed by atoms with Crippen LogP contribution in [0.4, 0.5) is 0 Å². The standard InChI is InChI=1S/C29H54N2O16/c1-4-19(15-42-7-5-40-9-11-44-28-22(30-17(2)34)26(38)24(36)20(13-32)46-28)16-43-8-6-41-10-12-45-29-23(31-18(3)35)27(39)25(37)21(14-33)47-29/h19-29,32-33,36-39H,4-16H2,1-3H3,(H,30,34)(H,31,35)/t19?,20?,21?,22?,23?,24-,25-,26?,27?,28+,29+/m0/s1. The highest BCUT2D eigenvalue weighted by molar-refractivity contribution is 5.73. The minimum Gasteiger partial charge on any atom is -0.394 e. The molecule has 0 aromatic rings. The van der Waals surface area contributed by atoms with Crippen molar-refractivity contribution in [3.8, 4) is 0 Å². The average molecular weight is 687 g/mol. The molecular weight excluding hydrogens is 632 g/mol. The van der Waals surface area contributed by atoms with E-state index in [2.05, 4.69) is 10.6 Å². The SMILES string of the molecule is CCC(COCCOCCO[C@@H]1OC(CO)[C@H](O)C(O)C1NC(C)=O)COCCOCCO[C@@H]1OC(CO)[C@H](O)C(O)C1NC(C)=O. The molecule has 276 valence electrons. The van der Waals surface area contributed by atoms with Crippen LogP contribution >= 0.6 is 0 Å². The Kier molecular flexibility index (Phi) is 20.3. The molecule has 0 aromatic carbocycles. The van der Waals surface area contributed by atoms with Crippen LogP contribution in [0.15, 0.2) is 0 Å². The Labute approximate surface area is 274 Å². The van der Waals surface area contributed by atoms with Crippen molar-refractivity contribution >= 4 is 11.8 Å². The van der Waals surface area contributed by atoms with Crippen molar-refractivity contribution in [2.24, 2.45) is 5.92 Å². The summed E-state index contributed by atoms with van der Waals surface area (Å²) < 4.78 is 44.6. The lowest BCUT2D eigenvalue weighted by Gasteiger charge is -2.42. The quantitative estimate of drug-likeness (QED) is 0.0477. The van der Waals surface area contributed by atoms with Gasteiger partial charge >= 0.3 is 0 Å². The fraction of sp³-hybridized carbons (Fsp3) is 0.931. The average Bonchev–Trinajstić information content (AvgIpc) is 3.04. The summed E-state index contributed by atoms with van der Waals surface area (Å²) in [5, 5.41) is 64.4. The van der Waals surface area contributed by atoms with Gasteiger partial charge < -0.3 is 79.2 Å². The second kappa shape index (κ2) is 22.9. The molecule has 2 amide bonds. The maximum atomic E-state index is 11.5. The van der Waals surface area contributed by atoms with Crippen LogP contribution in [0.2, 0.25) is 0 Å². The van der Waals surface area contributed by atoms with E-state index in [1.165, 1.54) is 13.8 Å². The van der Waals surface area contributed by atoms with Gasteiger partial charge in [-0.2, -0.15) is 0 Å². The fourth-order valence-electron chi connectivity index (χ4n) is 4.90. The second-order valence-corrected chi connectivity index (χ2v) is 11.3. The number of carbonyl (C=O) groups is 2. The Morgan fingerprint density at radius 1 is 0.617 bits per heavy atom. The van der Waals surface area contributed by atoms with E-state index in [1.807, 2.05) is 6.92 Å². The van der Waals surface area contributed by atoms with Gasteiger partial charge in [-0.05, 0) is 6.42 Å². The Morgan fingerprint density at radius 3 is 1.32 bits per heavy atom. The molecule has 0 radical (unpaired) electrons. The first-order valence-corrected chi connectivity index (χ1v) is 15.9. The van der Waals surface area contributed by atoms with E-state index in [4.69, 9.17) is 37.9 Å². The van der Waals surface area contributed by atoms with Gasteiger partial charge in [-0.25, -0.2) is 0 Å². The molecule has 10 atom stereocenters. The zero-order valence-electron chi connectivity index (χ0n) is 27.3. The molecule has 0 aromatic heterocycles. The Morgan fingerprint density at radius 2 is 0.979 bits per heavy atom. The molecule has 2 aliphatic rings. The summed E-state index contributed by atoms with van der Waals surface area (Å²) in [7, 11) is 0. The number of nitrogens with one attached hydrogen (secondary N) is 2. The summed E-state index contributed by atoms with van der Waals surface area (Å²) in [5.41, 5.74) is 0. The molecule has 2 heterocycles. The third-order valence-electron chi connectivity index (χ3n) is 7.55. The van der Waals surface area contributed by atoms with Crippen molar-refractivity contribution in [2.75, 3.05) is 79.3 Å². The third kappa shape index (κ3) is 14.4. The second-order valence-electron chi connectivity index (χ2n) is 11.3. The maximum absolute atomic E-state index is 11.5. The first-order chi connectivity index (χ1) is 22.5. The summed E-state index contributed by atoms with van der Waals surface area (Å²) in [6.07, 6.45) is -8.95. The minimum atomic E-state index is -1.38. The maximum Gasteiger partial charge on any atom is 0.217 e. The zero-order valence-corrected chi connectivity index (χ0v) is 27.3. The molecule has 47 heavy (non-hydrogen) atoms. The van der Waals surface area contributed by atoms with E-state index in [9.17, 15) is 40.2 Å². The van der Waals surface area contributed by atoms with Crippen molar-refractivity contribution in [3.05, 3.63) is 0 Å². The van der Waals surface area contributed by atoms with Crippen LogP contribution < -0.4 is 10.6 Å². The van der Waals surface area contributed by atoms with Crippen molar-refractivity contribution in [2.45, 2.75) is 88.5 Å². The van der Waals surface area contributed by atoms with E-state index < -0.39 is 86.3 Å². The van der Waals surface area contributed by atoms with Crippen molar-refractivity contribution in [1.82, 2.24) is 10.6 Å². The van der Waals surface area contributed by atoms with Gasteiger partial charge in [0.1, 0.15) is 48.7 Å². The summed E-state index contributed by atoms with van der Waals surface area (Å²) in [6, 6.07) is -2.02. The number of aliphatic hydroxyl groups is 6. The number of carbonyl (C=O) groups excluding carboxylic acids is 2. The molecule has 6 unspecified atom stereocenters. The number of amides is 2. The third-order valence-corrected chi connectivity index (χ3v) is 7.55. The fourth-order valence-corrected chi connectivity index (χ4v) is 4.90. The molecule has 8 N–H and O–H groups in total. The lowest BCUT2D eigenvalue weighted by Crippen LogP contribution is -2.64. The molecule has 0 bridgehead atoms. The van der Waals surface area contributed by atoms with Gasteiger partial charge in [0.15, 0.2) is 12.6 Å². The number of aliphatic hydroxyl groups excluding tert-OH is 6. The molecule has 18 nitrogen and oxygen atoms in total. The molecule has 0 spiro atoms. The lowest BCUT2D eigenvalue weighted by molar-refractivity contribution is -0.272. The van der Waals surface area contributed by atoms with Crippen LogP contribution in [0.3, 0.4) is 0 Å². The Bertz CT molecular complexity index is 808. The van der Waals surface area contributed by atoms with Crippen LogP contribution in [0.1, 0.15) is 27.2 Å². The van der Waals surface area contributed by atoms with E-state index >= 15 is 0 Å². The summed E-state index contributed by atoms with van der Waals surface area (Å²) in [5.74, 6) is -0.712. The van der Waals surface area contributed by atoms with Gasteiger partial charge in [0.05, 0.1) is 79.3 Å². The highest BCUT2D eigenvalue weighted by Gasteiger charge is 2.46. The van der Waals surface area contributed by atoms with Gasteiger partial charge in [-0.3, -0.25) is 9.59 Å². The Hall–Kier alpha value is -1.62.